The second-order valence-corrected chi connectivity index (χ2v) is 8.38. The molecule has 3 aromatic rings. The summed E-state index contributed by atoms with van der Waals surface area (Å²) < 4.78 is 0. The fourth-order valence-corrected chi connectivity index (χ4v) is 4.16. The van der Waals surface area contributed by atoms with Crippen molar-refractivity contribution in [1.82, 2.24) is 16.0 Å². The molecule has 0 saturated carbocycles. The Balaban J connectivity index is 0. The molecule has 0 heterocycles. The van der Waals surface area contributed by atoms with Gasteiger partial charge in [0.2, 0.25) is 0 Å². The third-order valence-corrected chi connectivity index (χ3v) is 5.91. The van der Waals surface area contributed by atoms with Gasteiger partial charge in [-0.05, 0) is 111 Å². The Labute approximate surface area is 236 Å². The fraction of sp³-hybridized carbons (Fsp3) is 0.481. The highest BCUT2D eigenvalue weighted by molar-refractivity contribution is 6.02. The summed E-state index contributed by atoms with van der Waals surface area (Å²) in [6.07, 6.45) is 7.24. The summed E-state index contributed by atoms with van der Waals surface area (Å²) in [6, 6.07) is 19.8. The van der Waals surface area contributed by atoms with Crippen molar-refractivity contribution in [3.63, 3.8) is 0 Å². The molecule has 0 fully saturated rings. The molecule has 0 spiro atoms. The van der Waals surface area contributed by atoms with Crippen LogP contribution in [-0.2, 0) is 6.54 Å². The lowest BCUT2D eigenvalue weighted by Crippen LogP contribution is -2.22. The maximum Gasteiger partial charge on any atom is 0.0217 e. The molecule has 0 unspecified atom stereocenters. The predicted molar refractivity (Wildman–Crippen MR) is 165 cm³/mol. The molecule has 0 bridgehead atoms. The van der Waals surface area contributed by atoms with E-state index in [0.29, 0.717) is 0 Å². The van der Waals surface area contributed by atoms with E-state index >= 15 is 0 Å². The molecular formula is C27H44Cl4N4. The van der Waals surface area contributed by atoms with Crippen LogP contribution >= 0.6 is 49.6 Å². The van der Waals surface area contributed by atoms with Crippen LogP contribution in [0.15, 0.2) is 54.6 Å². The van der Waals surface area contributed by atoms with Gasteiger partial charge in [-0.15, -0.1) is 49.6 Å². The molecule has 35 heavy (non-hydrogen) atoms. The van der Waals surface area contributed by atoms with Crippen LogP contribution in [0.4, 0.5) is 0 Å². The van der Waals surface area contributed by atoms with Gasteiger partial charge in [0, 0.05) is 6.54 Å². The minimum atomic E-state index is 0. The summed E-state index contributed by atoms with van der Waals surface area (Å²) >= 11 is 0. The monoisotopic (exact) mass is 564 g/mol. The molecule has 0 aliphatic carbocycles. The van der Waals surface area contributed by atoms with Gasteiger partial charge in [0.1, 0.15) is 0 Å². The number of fused-ring (bicyclic) bond motifs is 2. The van der Waals surface area contributed by atoms with Crippen molar-refractivity contribution in [1.29, 1.82) is 0 Å². The van der Waals surface area contributed by atoms with Crippen molar-refractivity contribution in [3.05, 3.63) is 60.2 Å². The molecular weight excluding hydrogens is 522 g/mol. The first-order valence-corrected chi connectivity index (χ1v) is 12.1. The van der Waals surface area contributed by atoms with Crippen LogP contribution in [0, 0.1) is 0 Å². The van der Waals surface area contributed by atoms with E-state index < -0.39 is 0 Å². The molecule has 0 aliphatic rings. The molecule has 0 radical (unpaired) electrons. The van der Waals surface area contributed by atoms with Gasteiger partial charge in [-0.25, -0.2) is 0 Å². The average molecular weight is 566 g/mol. The van der Waals surface area contributed by atoms with Gasteiger partial charge < -0.3 is 21.7 Å². The van der Waals surface area contributed by atoms with Gasteiger partial charge in [-0.1, -0.05) is 48.5 Å². The van der Waals surface area contributed by atoms with E-state index in [2.05, 4.69) is 70.5 Å². The standard InChI is InChI=1S/C27H40N4.4ClH/c28-15-5-6-16-29-17-7-8-18-30-19-9-10-20-31-22-27-25-13-3-1-11-23(25)21-24-12-2-4-14-26(24)27;;;;/h1-4,11-14,21,29-31H,5-10,15-20,22,28H2;4*1H. The Morgan fingerprint density at radius 3 is 1.37 bits per heavy atom. The van der Waals surface area contributed by atoms with Crippen molar-refractivity contribution in [2.24, 2.45) is 5.73 Å². The topological polar surface area (TPSA) is 62.1 Å². The minimum absolute atomic E-state index is 0. The molecule has 0 saturated heterocycles. The van der Waals surface area contributed by atoms with Gasteiger partial charge >= 0.3 is 0 Å². The van der Waals surface area contributed by atoms with Gasteiger partial charge in [0.25, 0.3) is 0 Å². The second-order valence-electron chi connectivity index (χ2n) is 8.38. The van der Waals surface area contributed by atoms with Crippen LogP contribution in [0.5, 0.6) is 0 Å². The first kappa shape index (κ1) is 36.3. The lowest BCUT2D eigenvalue weighted by Gasteiger charge is -2.13. The van der Waals surface area contributed by atoms with Gasteiger partial charge in [0.05, 0.1) is 0 Å². The Hall–Kier alpha value is -0.820. The number of rotatable bonds is 16. The van der Waals surface area contributed by atoms with Crippen LogP contribution in [-0.4, -0.2) is 39.3 Å². The summed E-state index contributed by atoms with van der Waals surface area (Å²) in [5, 5.41) is 16.1. The van der Waals surface area contributed by atoms with Crippen molar-refractivity contribution in [2.75, 3.05) is 39.3 Å². The lowest BCUT2D eigenvalue weighted by atomic mass is 9.97. The number of nitrogens with two attached hydrogens (primary N) is 1. The van der Waals surface area contributed by atoms with Crippen LogP contribution in [0.3, 0.4) is 0 Å². The van der Waals surface area contributed by atoms with E-state index in [1.807, 2.05) is 0 Å². The Morgan fingerprint density at radius 2 is 0.914 bits per heavy atom. The Kier molecular flexibility index (Phi) is 23.2. The molecule has 0 aliphatic heterocycles. The zero-order valence-corrected chi connectivity index (χ0v) is 23.9. The zero-order chi connectivity index (χ0) is 21.6. The highest BCUT2D eigenvalue weighted by atomic mass is 35.5. The van der Waals surface area contributed by atoms with E-state index in [-0.39, 0.29) is 49.6 Å². The predicted octanol–water partition coefficient (Wildman–Crippen LogP) is 6.25. The summed E-state index contributed by atoms with van der Waals surface area (Å²) in [6.45, 7) is 7.26. The number of hydrogen-bond donors (Lipinski definition) is 4. The highest BCUT2D eigenvalue weighted by Gasteiger charge is 2.06. The van der Waals surface area contributed by atoms with Crippen LogP contribution in [0.25, 0.3) is 21.5 Å². The second kappa shape index (κ2) is 22.4. The smallest absolute Gasteiger partial charge is 0.0217 e. The quantitative estimate of drug-likeness (QED) is 0.122. The first-order chi connectivity index (χ1) is 15.4. The molecule has 3 rings (SSSR count). The van der Waals surface area contributed by atoms with Crippen molar-refractivity contribution in [2.45, 2.75) is 45.1 Å². The van der Waals surface area contributed by atoms with Gasteiger partial charge in [0.15, 0.2) is 0 Å². The van der Waals surface area contributed by atoms with E-state index in [0.717, 1.165) is 52.2 Å². The molecule has 0 aromatic heterocycles. The molecule has 200 valence electrons. The van der Waals surface area contributed by atoms with Gasteiger partial charge in [-0.3, -0.25) is 0 Å². The number of nitrogens with one attached hydrogen (secondary N) is 3. The number of benzene rings is 3. The van der Waals surface area contributed by atoms with Crippen molar-refractivity contribution < 1.29 is 0 Å². The van der Waals surface area contributed by atoms with Crippen molar-refractivity contribution in [3.8, 4) is 0 Å². The molecule has 3 aromatic carbocycles. The fourth-order valence-electron chi connectivity index (χ4n) is 4.16. The number of hydrogen-bond acceptors (Lipinski definition) is 4. The summed E-state index contributed by atoms with van der Waals surface area (Å²) in [5.41, 5.74) is 6.92. The molecule has 8 heteroatoms. The third kappa shape index (κ3) is 12.8. The largest absolute Gasteiger partial charge is 0.330 e. The Bertz CT molecular complexity index is 857. The maximum absolute atomic E-state index is 5.50. The van der Waals surface area contributed by atoms with Crippen LogP contribution < -0.4 is 21.7 Å². The molecule has 4 nitrogen and oxygen atoms in total. The molecule has 0 amide bonds. The molecule has 0 atom stereocenters. The number of halogens is 4. The van der Waals surface area contributed by atoms with E-state index in [1.165, 1.54) is 59.2 Å². The lowest BCUT2D eigenvalue weighted by molar-refractivity contribution is 0.548. The summed E-state index contributed by atoms with van der Waals surface area (Å²) in [7, 11) is 0. The first-order valence-electron chi connectivity index (χ1n) is 12.1. The molecule has 5 N–H and O–H groups in total. The normalized spacial score (nSPS) is 10.2. The SMILES string of the molecule is Cl.Cl.Cl.Cl.NCCCCNCCCCNCCCCNCc1c2ccccc2cc2ccccc12. The minimum Gasteiger partial charge on any atom is -0.330 e. The summed E-state index contributed by atoms with van der Waals surface area (Å²) in [5.74, 6) is 0. The Morgan fingerprint density at radius 1 is 0.514 bits per heavy atom. The third-order valence-electron chi connectivity index (χ3n) is 5.91. The van der Waals surface area contributed by atoms with Gasteiger partial charge in [-0.2, -0.15) is 0 Å². The van der Waals surface area contributed by atoms with Crippen LogP contribution in [0.1, 0.15) is 44.1 Å². The zero-order valence-electron chi connectivity index (χ0n) is 20.6. The van der Waals surface area contributed by atoms with Crippen molar-refractivity contribution >= 4 is 71.2 Å². The maximum atomic E-state index is 5.50. The van der Waals surface area contributed by atoms with E-state index in [9.17, 15) is 0 Å². The average Bonchev–Trinajstić information content (AvgIpc) is 2.81. The number of unbranched alkanes of at least 4 members (excludes halogenated alkanes) is 3. The van der Waals surface area contributed by atoms with E-state index in [1.54, 1.807) is 0 Å². The van der Waals surface area contributed by atoms with E-state index in [4.69, 9.17) is 5.73 Å². The highest BCUT2D eigenvalue weighted by Crippen LogP contribution is 2.28. The summed E-state index contributed by atoms with van der Waals surface area (Å²) in [4.78, 5) is 0. The van der Waals surface area contributed by atoms with Crippen LogP contribution in [0.2, 0.25) is 0 Å².